The fourth-order valence-electron chi connectivity index (χ4n) is 1.34. The number of amides is 1. The van der Waals surface area contributed by atoms with Gasteiger partial charge in [0.1, 0.15) is 5.82 Å². The standard InChI is InChI=1S/C12H8ClN5O/c13-8-5-7(6-14)1-2-9(8)16-12(19)10-3-4-11(15)18-17-10/h1-5H,(H2,15,18)(H,16,19). The molecule has 3 N–H and O–H groups in total. The summed E-state index contributed by atoms with van der Waals surface area (Å²) in [5, 5.41) is 18.8. The summed E-state index contributed by atoms with van der Waals surface area (Å²) in [7, 11) is 0. The molecule has 1 aromatic heterocycles. The van der Waals surface area contributed by atoms with Crippen LogP contribution in [0.5, 0.6) is 0 Å². The summed E-state index contributed by atoms with van der Waals surface area (Å²) in [6.07, 6.45) is 0. The zero-order valence-electron chi connectivity index (χ0n) is 9.59. The zero-order chi connectivity index (χ0) is 13.8. The number of nitriles is 1. The summed E-state index contributed by atoms with van der Waals surface area (Å²) in [4.78, 5) is 11.9. The Morgan fingerprint density at radius 3 is 2.68 bits per heavy atom. The average Bonchev–Trinajstić information content (AvgIpc) is 2.41. The highest BCUT2D eigenvalue weighted by atomic mass is 35.5. The molecule has 0 saturated heterocycles. The Kier molecular flexibility index (Phi) is 3.59. The monoisotopic (exact) mass is 273 g/mol. The van der Waals surface area contributed by atoms with Crippen molar-refractivity contribution in [1.29, 1.82) is 5.26 Å². The van der Waals surface area contributed by atoms with E-state index in [1.165, 1.54) is 18.2 Å². The smallest absolute Gasteiger partial charge is 0.276 e. The van der Waals surface area contributed by atoms with Crippen LogP contribution in [0, 0.1) is 11.3 Å². The van der Waals surface area contributed by atoms with Crippen LogP contribution in [0.3, 0.4) is 0 Å². The first-order valence-corrected chi connectivity index (χ1v) is 5.58. The number of hydrogen-bond acceptors (Lipinski definition) is 5. The normalized spacial score (nSPS) is 9.68. The Labute approximate surface area is 113 Å². The molecule has 0 aliphatic carbocycles. The molecule has 0 aliphatic rings. The van der Waals surface area contributed by atoms with Gasteiger partial charge in [0.25, 0.3) is 5.91 Å². The predicted octanol–water partition coefficient (Wildman–Crippen LogP) is 1.84. The lowest BCUT2D eigenvalue weighted by atomic mass is 10.2. The summed E-state index contributed by atoms with van der Waals surface area (Å²) < 4.78 is 0. The van der Waals surface area contributed by atoms with Gasteiger partial charge in [-0.1, -0.05) is 11.6 Å². The molecule has 0 spiro atoms. The number of halogens is 1. The van der Waals surface area contributed by atoms with Crippen molar-refractivity contribution in [1.82, 2.24) is 10.2 Å². The van der Waals surface area contributed by atoms with E-state index in [0.717, 1.165) is 0 Å². The van der Waals surface area contributed by atoms with Crippen LogP contribution in [0.1, 0.15) is 16.1 Å². The van der Waals surface area contributed by atoms with E-state index in [0.29, 0.717) is 11.3 Å². The molecule has 1 amide bonds. The SMILES string of the molecule is N#Cc1ccc(NC(=O)c2ccc(N)nn2)c(Cl)c1. The molecule has 1 aromatic carbocycles. The number of anilines is 2. The van der Waals surface area contributed by atoms with Gasteiger partial charge in [0.2, 0.25) is 0 Å². The number of benzene rings is 1. The van der Waals surface area contributed by atoms with Crippen molar-refractivity contribution in [3.8, 4) is 6.07 Å². The summed E-state index contributed by atoms with van der Waals surface area (Å²) in [5.41, 5.74) is 6.30. The van der Waals surface area contributed by atoms with Crippen molar-refractivity contribution in [2.45, 2.75) is 0 Å². The predicted molar refractivity (Wildman–Crippen MR) is 70.6 cm³/mol. The van der Waals surface area contributed by atoms with Crippen LogP contribution in [0.25, 0.3) is 0 Å². The zero-order valence-corrected chi connectivity index (χ0v) is 10.3. The number of carbonyl (C=O) groups is 1. The Hall–Kier alpha value is -2.65. The number of hydrogen-bond donors (Lipinski definition) is 2. The maximum atomic E-state index is 11.9. The van der Waals surface area contributed by atoms with Gasteiger partial charge in [0, 0.05) is 0 Å². The molecule has 7 heteroatoms. The molecule has 0 saturated carbocycles. The highest BCUT2D eigenvalue weighted by Crippen LogP contribution is 2.23. The fraction of sp³-hybridized carbons (Fsp3) is 0. The number of aromatic nitrogens is 2. The van der Waals surface area contributed by atoms with Crippen LogP contribution in [0.15, 0.2) is 30.3 Å². The van der Waals surface area contributed by atoms with Gasteiger partial charge in [-0.05, 0) is 30.3 Å². The van der Waals surface area contributed by atoms with E-state index in [1.807, 2.05) is 6.07 Å². The lowest BCUT2D eigenvalue weighted by molar-refractivity contribution is 0.102. The Morgan fingerprint density at radius 1 is 1.32 bits per heavy atom. The lowest BCUT2D eigenvalue weighted by Crippen LogP contribution is -2.15. The molecule has 0 atom stereocenters. The third kappa shape index (κ3) is 2.97. The van der Waals surface area contributed by atoms with E-state index in [-0.39, 0.29) is 16.5 Å². The van der Waals surface area contributed by atoms with E-state index in [4.69, 9.17) is 22.6 Å². The largest absolute Gasteiger partial charge is 0.382 e. The quantitative estimate of drug-likeness (QED) is 0.868. The van der Waals surface area contributed by atoms with E-state index in [9.17, 15) is 4.79 Å². The second kappa shape index (κ2) is 5.33. The fourth-order valence-corrected chi connectivity index (χ4v) is 1.56. The van der Waals surface area contributed by atoms with Gasteiger partial charge in [0.15, 0.2) is 5.69 Å². The molecule has 1 heterocycles. The number of carbonyl (C=O) groups excluding carboxylic acids is 1. The molecule has 0 aliphatic heterocycles. The molecule has 2 rings (SSSR count). The minimum absolute atomic E-state index is 0.120. The van der Waals surface area contributed by atoms with Crippen molar-refractivity contribution < 1.29 is 4.79 Å². The second-order valence-electron chi connectivity index (χ2n) is 3.60. The third-order valence-electron chi connectivity index (χ3n) is 2.26. The Morgan fingerprint density at radius 2 is 2.11 bits per heavy atom. The molecule has 19 heavy (non-hydrogen) atoms. The highest BCUT2D eigenvalue weighted by molar-refractivity contribution is 6.34. The summed E-state index contributed by atoms with van der Waals surface area (Å²) in [6, 6.07) is 9.44. The number of nitrogen functional groups attached to an aromatic ring is 1. The van der Waals surface area contributed by atoms with E-state index in [2.05, 4.69) is 15.5 Å². The maximum absolute atomic E-state index is 11.9. The third-order valence-corrected chi connectivity index (χ3v) is 2.58. The van der Waals surface area contributed by atoms with Crippen LogP contribution >= 0.6 is 11.6 Å². The van der Waals surface area contributed by atoms with Crippen LogP contribution in [0.4, 0.5) is 11.5 Å². The summed E-state index contributed by atoms with van der Waals surface area (Å²) in [5.74, 6) is -0.230. The van der Waals surface area contributed by atoms with Crippen molar-refractivity contribution in [3.63, 3.8) is 0 Å². The molecule has 2 aromatic rings. The van der Waals surface area contributed by atoms with Gasteiger partial charge in [-0.2, -0.15) is 5.26 Å². The highest BCUT2D eigenvalue weighted by Gasteiger charge is 2.10. The van der Waals surface area contributed by atoms with Gasteiger partial charge in [0.05, 0.1) is 22.3 Å². The minimum Gasteiger partial charge on any atom is -0.382 e. The lowest BCUT2D eigenvalue weighted by Gasteiger charge is -2.06. The van der Waals surface area contributed by atoms with Gasteiger partial charge in [-0.25, -0.2) is 0 Å². The van der Waals surface area contributed by atoms with Gasteiger partial charge < -0.3 is 11.1 Å². The Balaban J connectivity index is 2.20. The number of rotatable bonds is 2. The first-order valence-electron chi connectivity index (χ1n) is 5.20. The van der Waals surface area contributed by atoms with E-state index in [1.54, 1.807) is 12.1 Å². The molecule has 6 nitrogen and oxygen atoms in total. The second-order valence-corrected chi connectivity index (χ2v) is 4.01. The van der Waals surface area contributed by atoms with E-state index < -0.39 is 5.91 Å². The van der Waals surface area contributed by atoms with E-state index >= 15 is 0 Å². The molecular weight excluding hydrogens is 266 g/mol. The maximum Gasteiger partial charge on any atom is 0.276 e. The average molecular weight is 274 g/mol. The van der Waals surface area contributed by atoms with Crippen molar-refractivity contribution >= 4 is 29.0 Å². The van der Waals surface area contributed by atoms with Crippen LogP contribution < -0.4 is 11.1 Å². The van der Waals surface area contributed by atoms with Crippen LogP contribution in [-0.4, -0.2) is 16.1 Å². The first kappa shape index (κ1) is 12.8. The Bertz CT molecular complexity index is 663. The molecule has 0 bridgehead atoms. The van der Waals surface area contributed by atoms with Crippen LogP contribution in [-0.2, 0) is 0 Å². The first-order chi connectivity index (χ1) is 9.10. The van der Waals surface area contributed by atoms with Crippen LogP contribution in [0.2, 0.25) is 5.02 Å². The van der Waals surface area contributed by atoms with Crippen molar-refractivity contribution in [2.75, 3.05) is 11.1 Å². The summed E-state index contributed by atoms with van der Waals surface area (Å²) >= 11 is 5.94. The molecule has 0 unspecified atom stereocenters. The molecule has 94 valence electrons. The molecule has 0 radical (unpaired) electrons. The van der Waals surface area contributed by atoms with Gasteiger partial charge in [-0.3, -0.25) is 4.79 Å². The van der Waals surface area contributed by atoms with Crippen molar-refractivity contribution in [2.24, 2.45) is 0 Å². The van der Waals surface area contributed by atoms with Crippen molar-refractivity contribution in [3.05, 3.63) is 46.6 Å². The van der Waals surface area contributed by atoms with Gasteiger partial charge >= 0.3 is 0 Å². The summed E-state index contributed by atoms with van der Waals surface area (Å²) in [6.45, 7) is 0. The number of nitrogens with two attached hydrogens (primary N) is 1. The number of nitrogens with one attached hydrogen (secondary N) is 1. The number of nitrogens with zero attached hydrogens (tertiary/aromatic N) is 3. The molecular formula is C12H8ClN5O. The van der Waals surface area contributed by atoms with Gasteiger partial charge in [-0.15, -0.1) is 10.2 Å². The molecule has 0 fully saturated rings. The topological polar surface area (TPSA) is 105 Å². The minimum atomic E-state index is -0.459.